The lowest BCUT2D eigenvalue weighted by Crippen LogP contribution is -2.45. The summed E-state index contributed by atoms with van der Waals surface area (Å²) in [6, 6.07) is 1.10. The van der Waals surface area contributed by atoms with Crippen LogP contribution in [0.3, 0.4) is 0 Å². The third kappa shape index (κ3) is 2.35. The van der Waals surface area contributed by atoms with Gasteiger partial charge in [0, 0.05) is 32.4 Å². The van der Waals surface area contributed by atoms with Crippen LogP contribution in [0.15, 0.2) is 22.2 Å². The molecule has 1 N–H and O–H groups in total. The van der Waals surface area contributed by atoms with Crippen LogP contribution in [0.2, 0.25) is 0 Å². The van der Waals surface area contributed by atoms with Crippen LogP contribution in [0.5, 0.6) is 5.75 Å². The summed E-state index contributed by atoms with van der Waals surface area (Å²) in [6.45, 7) is 4.37. The molecule has 26 heavy (non-hydrogen) atoms. The molecule has 136 valence electrons. The molecule has 2 aliphatic rings. The molecule has 0 amide bonds. The number of carbonyl (C=O) groups is 1. The Morgan fingerprint density at radius 2 is 2.00 bits per heavy atom. The van der Waals surface area contributed by atoms with E-state index in [0.717, 1.165) is 19.2 Å². The third-order valence-corrected chi connectivity index (χ3v) is 4.84. The fraction of sp³-hybridized carbons (Fsp3) is 0.353. The second-order valence-electron chi connectivity index (χ2n) is 6.50. The van der Waals surface area contributed by atoms with Gasteiger partial charge in [-0.05, 0) is 20.0 Å². The number of carboxylic acids is 1. The largest absolute Gasteiger partial charge is 0.477 e. The first-order valence-corrected chi connectivity index (χ1v) is 8.19. The van der Waals surface area contributed by atoms with Crippen LogP contribution >= 0.6 is 0 Å². The summed E-state index contributed by atoms with van der Waals surface area (Å²) in [5.74, 6) is -1.49. The number of carboxylic acid groups (broad SMARTS) is 1. The average Bonchev–Trinajstić information content (AvgIpc) is 2.60. The van der Waals surface area contributed by atoms with Crippen molar-refractivity contribution in [1.82, 2.24) is 9.47 Å². The quantitative estimate of drug-likeness (QED) is 0.865. The van der Waals surface area contributed by atoms with E-state index in [2.05, 4.69) is 10.1 Å². The van der Waals surface area contributed by atoms with E-state index in [9.17, 15) is 19.1 Å². The van der Waals surface area contributed by atoms with Gasteiger partial charge in [-0.2, -0.15) is 0 Å². The Labute approximate surface area is 147 Å². The fourth-order valence-corrected chi connectivity index (χ4v) is 3.39. The van der Waals surface area contributed by atoms with Gasteiger partial charge in [-0.25, -0.2) is 9.18 Å². The molecule has 1 saturated heterocycles. The molecule has 2 aliphatic heterocycles. The number of benzene rings is 1. The van der Waals surface area contributed by atoms with E-state index < -0.39 is 22.8 Å². The Morgan fingerprint density at radius 1 is 1.31 bits per heavy atom. The SMILES string of the molecule is CC1=NOc2c(N3CCN(C)CC3)c(F)cc3c(=O)c(C(=O)O)cn1c23. The van der Waals surface area contributed by atoms with Gasteiger partial charge in [0.25, 0.3) is 0 Å². The summed E-state index contributed by atoms with van der Waals surface area (Å²) in [6.07, 6.45) is 1.21. The highest BCUT2D eigenvalue weighted by Gasteiger charge is 2.30. The van der Waals surface area contributed by atoms with Crippen molar-refractivity contribution in [3.8, 4) is 5.75 Å². The molecule has 0 aliphatic carbocycles. The molecule has 0 spiro atoms. The smallest absolute Gasteiger partial charge is 0.341 e. The number of likely N-dealkylation sites (N-methyl/N-ethyl adjacent to an activating group) is 1. The second-order valence-corrected chi connectivity index (χ2v) is 6.50. The van der Waals surface area contributed by atoms with Crippen molar-refractivity contribution < 1.29 is 19.1 Å². The lowest BCUT2D eigenvalue weighted by molar-refractivity contribution is 0.0695. The first-order valence-electron chi connectivity index (χ1n) is 8.19. The van der Waals surface area contributed by atoms with Gasteiger partial charge in [-0.3, -0.25) is 9.36 Å². The first-order chi connectivity index (χ1) is 12.4. The summed E-state index contributed by atoms with van der Waals surface area (Å²) < 4.78 is 16.4. The number of hydrogen-bond acceptors (Lipinski definition) is 6. The Bertz CT molecular complexity index is 1020. The Morgan fingerprint density at radius 3 is 2.65 bits per heavy atom. The molecule has 1 aromatic heterocycles. The van der Waals surface area contributed by atoms with Crippen LogP contribution in [0.25, 0.3) is 10.9 Å². The summed E-state index contributed by atoms with van der Waals surface area (Å²) >= 11 is 0. The van der Waals surface area contributed by atoms with E-state index >= 15 is 0 Å². The lowest BCUT2D eigenvalue weighted by Gasteiger charge is -2.35. The summed E-state index contributed by atoms with van der Waals surface area (Å²) in [4.78, 5) is 33.3. The van der Waals surface area contributed by atoms with Crippen LogP contribution in [0, 0.1) is 5.82 Å². The first kappa shape index (κ1) is 16.5. The minimum absolute atomic E-state index is 0.0375. The van der Waals surface area contributed by atoms with E-state index in [0.29, 0.717) is 24.4 Å². The molecular weight excluding hydrogens is 343 g/mol. The molecule has 1 aromatic carbocycles. The number of aromatic nitrogens is 1. The number of hydrogen-bond donors (Lipinski definition) is 1. The van der Waals surface area contributed by atoms with Crippen LogP contribution in [-0.2, 0) is 0 Å². The van der Waals surface area contributed by atoms with E-state index in [1.54, 1.807) is 6.92 Å². The molecular formula is C17H17FN4O4. The molecule has 9 heteroatoms. The highest BCUT2D eigenvalue weighted by atomic mass is 19.1. The van der Waals surface area contributed by atoms with Gasteiger partial charge in [0.15, 0.2) is 11.7 Å². The van der Waals surface area contributed by atoms with Gasteiger partial charge in [-0.15, -0.1) is 0 Å². The average molecular weight is 360 g/mol. The fourth-order valence-electron chi connectivity index (χ4n) is 3.39. The Balaban J connectivity index is 2.02. The minimum atomic E-state index is -1.37. The standard InChI is InChI=1S/C17H17FN4O4/c1-9-19-26-16-13-10(15(23)11(17(24)25)8-22(9)13)7-12(18)14(16)21-5-3-20(2)4-6-21/h7-8H,3-6H2,1-2H3,(H,24,25). The zero-order chi connectivity index (χ0) is 18.6. The normalized spacial score (nSPS) is 17.2. The number of rotatable bonds is 2. The van der Waals surface area contributed by atoms with Crippen molar-refractivity contribution in [1.29, 1.82) is 0 Å². The molecule has 0 atom stereocenters. The zero-order valence-corrected chi connectivity index (χ0v) is 14.3. The van der Waals surface area contributed by atoms with E-state index in [-0.39, 0.29) is 16.8 Å². The molecule has 0 unspecified atom stereocenters. The molecule has 8 nitrogen and oxygen atoms in total. The highest BCUT2D eigenvalue weighted by molar-refractivity contribution is 6.03. The van der Waals surface area contributed by atoms with Crippen molar-refractivity contribution in [3.63, 3.8) is 0 Å². The summed E-state index contributed by atoms with van der Waals surface area (Å²) in [5.41, 5.74) is -0.598. The number of oxime groups is 1. The number of halogens is 1. The monoisotopic (exact) mass is 360 g/mol. The second kappa shape index (κ2) is 5.80. The maximum atomic E-state index is 14.9. The minimum Gasteiger partial charge on any atom is -0.477 e. The molecule has 4 rings (SSSR count). The highest BCUT2D eigenvalue weighted by Crippen LogP contribution is 2.40. The van der Waals surface area contributed by atoms with Gasteiger partial charge in [0.05, 0.1) is 5.39 Å². The lowest BCUT2D eigenvalue weighted by atomic mass is 10.1. The predicted molar refractivity (Wildman–Crippen MR) is 94.0 cm³/mol. The maximum absolute atomic E-state index is 14.9. The Hall–Kier alpha value is -2.94. The van der Waals surface area contributed by atoms with E-state index in [4.69, 9.17) is 4.84 Å². The number of aromatic carboxylic acids is 1. The van der Waals surface area contributed by atoms with Gasteiger partial charge in [0.2, 0.25) is 11.2 Å². The molecule has 3 heterocycles. The molecule has 0 radical (unpaired) electrons. The molecule has 2 aromatic rings. The van der Waals surface area contributed by atoms with Crippen molar-refractivity contribution in [2.24, 2.45) is 5.16 Å². The van der Waals surface area contributed by atoms with Gasteiger partial charge >= 0.3 is 5.97 Å². The zero-order valence-electron chi connectivity index (χ0n) is 14.3. The molecule has 0 saturated carbocycles. The topological polar surface area (TPSA) is 87.4 Å². The van der Waals surface area contributed by atoms with Crippen LogP contribution in [-0.4, -0.2) is 59.6 Å². The maximum Gasteiger partial charge on any atom is 0.341 e. The van der Waals surface area contributed by atoms with Crippen molar-refractivity contribution in [3.05, 3.63) is 33.9 Å². The molecule has 0 bridgehead atoms. The number of pyridine rings is 1. The van der Waals surface area contributed by atoms with Crippen LogP contribution in [0.1, 0.15) is 17.3 Å². The van der Waals surface area contributed by atoms with Crippen LogP contribution < -0.4 is 15.2 Å². The van der Waals surface area contributed by atoms with E-state index in [1.165, 1.54) is 10.8 Å². The van der Waals surface area contributed by atoms with Gasteiger partial charge in [0.1, 0.15) is 16.8 Å². The van der Waals surface area contributed by atoms with Gasteiger partial charge < -0.3 is 19.7 Å². The number of piperazine rings is 1. The van der Waals surface area contributed by atoms with Crippen molar-refractivity contribution >= 4 is 28.4 Å². The van der Waals surface area contributed by atoms with Crippen molar-refractivity contribution in [2.45, 2.75) is 6.92 Å². The molecule has 1 fully saturated rings. The summed E-state index contributed by atoms with van der Waals surface area (Å²) in [5, 5.41) is 13.2. The summed E-state index contributed by atoms with van der Waals surface area (Å²) in [7, 11) is 1.99. The third-order valence-electron chi connectivity index (χ3n) is 4.84. The van der Waals surface area contributed by atoms with Gasteiger partial charge in [-0.1, -0.05) is 5.16 Å². The number of nitrogens with zero attached hydrogens (tertiary/aromatic N) is 4. The Kier molecular flexibility index (Phi) is 3.69. The number of anilines is 1. The predicted octanol–water partition coefficient (Wildman–Crippen LogP) is 1.16. The van der Waals surface area contributed by atoms with Crippen LogP contribution in [0.4, 0.5) is 10.1 Å². The van der Waals surface area contributed by atoms with Crippen molar-refractivity contribution in [2.75, 3.05) is 38.1 Å². The van der Waals surface area contributed by atoms with E-state index in [1.807, 2.05) is 11.9 Å².